The van der Waals surface area contributed by atoms with E-state index in [-0.39, 0.29) is 48.0 Å². The van der Waals surface area contributed by atoms with Gasteiger partial charge in [-0.05, 0) is 19.1 Å². The maximum atomic E-state index is 3.14. The van der Waals surface area contributed by atoms with Crippen LogP contribution in [0.2, 0.25) is 0 Å². The first-order chi connectivity index (χ1) is 10.3. The van der Waals surface area contributed by atoms with Gasteiger partial charge in [-0.25, -0.2) is 4.98 Å². The van der Waals surface area contributed by atoms with Crippen molar-refractivity contribution in [2.45, 2.75) is 20.4 Å². The van der Waals surface area contributed by atoms with E-state index in [1.807, 2.05) is 29.0 Å². The summed E-state index contributed by atoms with van der Waals surface area (Å²) in [6, 6.07) is 16.8. The van der Waals surface area contributed by atoms with E-state index in [0.717, 1.165) is 6.54 Å². The zero-order valence-corrected chi connectivity index (χ0v) is 18.9. The molecule has 2 aromatic carbocycles. The molecular weight excluding hydrogens is 550 g/mol. The van der Waals surface area contributed by atoms with Gasteiger partial charge in [0.1, 0.15) is 15.9 Å². The van der Waals surface area contributed by atoms with Gasteiger partial charge in [-0.3, -0.25) is 0 Å². The molecule has 0 aliphatic heterocycles. The maximum Gasteiger partial charge on any atom is 0.235 e. The number of rotatable bonds is 1. The van der Waals surface area contributed by atoms with Crippen molar-refractivity contribution in [2.24, 2.45) is 0 Å². The summed E-state index contributed by atoms with van der Waals surface area (Å²) in [5, 5.41) is 1.39. The number of nitrogens with zero attached hydrogens (tertiary/aromatic N) is 1. The number of benzene rings is 2. The van der Waals surface area contributed by atoms with E-state index in [9.17, 15) is 0 Å². The monoisotopic (exact) mass is 568 g/mol. The number of H-pyrrole nitrogens is 1. The van der Waals surface area contributed by atoms with Crippen molar-refractivity contribution in [1.82, 2.24) is 0 Å². The highest BCUT2D eigenvalue weighted by atomic mass is 127. The van der Waals surface area contributed by atoms with Crippen molar-refractivity contribution >= 4 is 43.1 Å². The third kappa shape index (κ3) is 4.83. The molecule has 0 unspecified atom stereocenters. The van der Waals surface area contributed by atoms with Crippen LogP contribution in [-0.2, 0) is 6.54 Å². The summed E-state index contributed by atoms with van der Waals surface area (Å²) in [5.74, 6) is 0. The van der Waals surface area contributed by atoms with Gasteiger partial charge >= 0.3 is 0 Å². The number of aromatic nitrogens is 2. The van der Waals surface area contributed by atoms with Crippen molar-refractivity contribution in [1.29, 1.82) is 0 Å². The Hall–Kier alpha value is -0.320. The van der Waals surface area contributed by atoms with Crippen LogP contribution < -0.4 is 57.5 Å². The molecule has 6 heteroatoms. The molecule has 0 aliphatic carbocycles. The van der Waals surface area contributed by atoms with Crippen molar-refractivity contribution in [3.05, 3.63) is 59.0 Å². The first-order valence-corrected chi connectivity index (χ1v) is 8.71. The Morgan fingerprint density at radius 3 is 2.30 bits per heavy atom. The van der Waals surface area contributed by atoms with Gasteiger partial charge in [0.15, 0.2) is 0 Å². The van der Waals surface area contributed by atoms with Gasteiger partial charge in [0.05, 0.1) is 0 Å². The summed E-state index contributed by atoms with van der Waals surface area (Å²) >= 11 is 3.60. The third-order valence-corrected chi connectivity index (χ3v) is 5.32. The van der Waals surface area contributed by atoms with Gasteiger partial charge < -0.3 is 48.0 Å². The van der Waals surface area contributed by atoms with Gasteiger partial charge in [-0.1, -0.05) is 46.9 Å². The Morgan fingerprint density at radius 2 is 1.61 bits per heavy atom. The number of halogens is 2. The van der Waals surface area contributed by atoms with Crippen LogP contribution >= 0.6 is 22.7 Å². The van der Waals surface area contributed by atoms with E-state index in [4.69, 9.17) is 0 Å². The maximum absolute atomic E-state index is 3.14. The molecule has 2 heterocycles. The fraction of sp³-hybridized carbons (Fsp3) is 0.176. The first kappa shape index (κ1) is 20.7. The van der Waals surface area contributed by atoms with E-state index in [0.29, 0.717) is 0 Å². The molecule has 0 bridgehead atoms. The second-order valence-electron chi connectivity index (χ2n) is 4.71. The quantitative estimate of drug-likeness (QED) is 0.192. The molecular formula is C17H18I2N2S2. The topological polar surface area (TPSA) is 18.0 Å². The lowest BCUT2D eigenvalue weighted by Crippen LogP contribution is -3.00. The van der Waals surface area contributed by atoms with E-state index < -0.39 is 0 Å². The number of nitrogens with one attached hydrogen (secondary N) is 1. The van der Waals surface area contributed by atoms with Gasteiger partial charge in [-0.2, -0.15) is 4.57 Å². The molecule has 1 N–H and O–H groups in total. The van der Waals surface area contributed by atoms with Crippen LogP contribution in [0.25, 0.3) is 20.4 Å². The lowest BCUT2D eigenvalue weighted by Gasteiger charge is -1.88. The lowest BCUT2D eigenvalue weighted by atomic mass is 10.3. The first-order valence-electron chi connectivity index (χ1n) is 7.01. The standard InChI is InChI=1S/C10H12NS.C7H5NS.2HI/c1-3-11-8(2)12-10-7-5-4-6-9(10)11;1-2-4-7-6(3-1)8-5-9-7;;/h4-7H,3H2,1-2H3;1-5H;2*1H/q+1;;;/p-1. The predicted molar refractivity (Wildman–Crippen MR) is 90.8 cm³/mol. The van der Waals surface area contributed by atoms with Crippen LogP contribution in [0.1, 0.15) is 11.9 Å². The smallest absolute Gasteiger partial charge is 0.235 e. The van der Waals surface area contributed by atoms with Crippen LogP contribution in [0.15, 0.2) is 54.0 Å². The summed E-state index contributed by atoms with van der Waals surface area (Å²) in [6.07, 6.45) is 0. The molecule has 23 heavy (non-hydrogen) atoms. The average molecular weight is 568 g/mol. The SMILES string of the molecule is CC[n+]1c(C)sc2ccccc21.[I-].[I-].c1ccc2sc[nH+]c2c1. The molecule has 0 saturated heterocycles. The fourth-order valence-corrected chi connectivity index (χ4v) is 4.20. The van der Waals surface area contributed by atoms with Gasteiger partial charge in [0, 0.05) is 19.1 Å². The Labute approximate surface area is 178 Å². The summed E-state index contributed by atoms with van der Waals surface area (Å²) < 4.78 is 5.05. The normalized spacial score (nSPS) is 9.65. The predicted octanol–water partition coefficient (Wildman–Crippen LogP) is -1.76. The third-order valence-electron chi connectivity index (χ3n) is 3.40. The molecule has 0 saturated carbocycles. The van der Waals surface area contributed by atoms with Crippen molar-refractivity contribution in [3.63, 3.8) is 0 Å². The Kier molecular flexibility index (Phi) is 8.88. The van der Waals surface area contributed by atoms with Crippen LogP contribution in [0.4, 0.5) is 0 Å². The second kappa shape index (κ2) is 9.85. The number of thiazole rings is 2. The van der Waals surface area contributed by atoms with E-state index >= 15 is 0 Å². The molecule has 4 rings (SSSR count). The minimum absolute atomic E-state index is 0. The molecule has 4 aromatic rings. The highest BCUT2D eigenvalue weighted by Gasteiger charge is 2.13. The molecule has 2 aromatic heterocycles. The Morgan fingerprint density at radius 1 is 0.957 bits per heavy atom. The molecule has 0 spiro atoms. The van der Waals surface area contributed by atoms with Crippen LogP contribution in [0.3, 0.4) is 0 Å². The molecule has 0 radical (unpaired) electrons. The average Bonchev–Trinajstić information content (AvgIpc) is 3.10. The second-order valence-corrected chi connectivity index (χ2v) is 6.86. The number of para-hydroxylation sites is 2. The summed E-state index contributed by atoms with van der Waals surface area (Å²) in [4.78, 5) is 3.14. The van der Waals surface area contributed by atoms with Gasteiger partial charge in [0.2, 0.25) is 21.6 Å². The minimum Gasteiger partial charge on any atom is -1.00 e. The molecule has 0 amide bonds. The zero-order chi connectivity index (χ0) is 14.7. The summed E-state index contributed by atoms with van der Waals surface area (Å²) in [5.41, 5.74) is 4.58. The highest BCUT2D eigenvalue weighted by Crippen LogP contribution is 2.18. The molecule has 0 atom stereocenters. The number of hydrogen-bond donors (Lipinski definition) is 0. The number of aromatic amines is 1. The van der Waals surface area contributed by atoms with Gasteiger partial charge in [-0.15, -0.1) is 0 Å². The fourth-order valence-electron chi connectivity index (χ4n) is 2.39. The molecule has 2 nitrogen and oxygen atoms in total. The van der Waals surface area contributed by atoms with E-state index in [2.05, 4.69) is 59.8 Å². The zero-order valence-electron chi connectivity index (χ0n) is 12.9. The van der Waals surface area contributed by atoms with Crippen molar-refractivity contribution in [2.75, 3.05) is 0 Å². The Bertz CT molecular complexity index is 841. The Balaban J connectivity index is 0.000000218. The van der Waals surface area contributed by atoms with Crippen molar-refractivity contribution < 1.29 is 57.5 Å². The van der Waals surface area contributed by atoms with Crippen LogP contribution in [0.5, 0.6) is 0 Å². The molecule has 122 valence electrons. The van der Waals surface area contributed by atoms with Crippen LogP contribution in [0, 0.1) is 6.92 Å². The van der Waals surface area contributed by atoms with E-state index in [1.54, 1.807) is 11.3 Å². The van der Waals surface area contributed by atoms with Crippen LogP contribution in [-0.4, -0.2) is 0 Å². The summed E-state index contributed by atoms with van der Waals surface area (Å²) in [6.45, 7) is 5.43. The van der Waals surface area contributed by atoms with E-state index in [1.165, 1.54) is 25.4 Å². The molecule has 0 aliphatic rings. The largest absolute Gasteiger partial charge is 1.00 e. The molecule has 0 fully saturated rings. The lowest BCUT2D eigenvalue weighted by molar-refractivity contribution is -0.669. The summed E-state index contributed by atoms with van der Waals surface area (Å²) in [7, 11) is 0. The minimum atomic E-state index is 0. The van der Waals surface area contributed by atoms with Gasteiger partial charge in [0.25, 0.3) is 0 Å². The van der Waals surface area contributed by atoms with Crippen molar-refractivity contribution in [3.8, 4) is 0 Å². The number of fused-ring (bicyclic) bond motifs is 2. The number of hydrogen-bond acceptors (Lipinski definition) is 2. The number of aryl methyl sites for hydroxylation is 2. The highest BCUT2D eigenvalue weighted by molar-refractivity contribution is 7.18.